The van der Waals surface area contributed by atoms with E-state index in [1.165, 1.54) is 19.3 Å². The molecular weight excluding hydrogens is 248 g/mol. The molecule has 0 aromatic rings. The van der Waals surface area contributed by atoms with Crippen LogP contribution in [0.3, 0.4) is 0 Å². The lowest BCUT2D eigenvalue weighted by Gasteiger charge is -2.45. The molecule has 1 saturated carbocycles. The van der Waals surface area contributed by atoms with E-state index in [4.69, 9.17) is 0 Å². The second-order valence-corrected chi connectivity index (χ2v) is 8.17. The van der Waals surface area contributed by atoms with Crippen molar-refractivity contribution in [3.63, 3.8) is 0 Å². The van der Waals surface area contributed by atoms with Gasteiger partial charge in [0.15, 0.2) is 0 Å². The van der Waals surface area contributed by atoms with Crippen LogP contribution >= 0.6 is 0 Å². The van der Waals surface area contributed by atoms with Gasteiger partial charge in [-0.15, -0.1) is 0 Å². The first-order valence-electron chi connectivity index (χ1n) is 8.30. The molecule has 0 radical (unpaired) electrons. The van der Waals surface area contributed by atoms with Gasteiger partial charge >= 0.3 is 0 Å². The molecule has 1 heterocycles. The van der Waals surface area contributed by atoms with Gasteiger partial charge in [0.05, 0.1) is 0 Å². The molecule has 0 aromatic heterocycles. The summed E-state index contributed by atoms with van der Waals surface area (Å²) in [5.41, 5.74) is 0.173. The van der Waals surface area contributed by atoms with E-state index in [9.17, 15) is 4.79 Å². The maximum Gasteiger partial charge on any atom is 0.228 e. The van der Waals surface area contributed by atoms with Gasteiger partial charge in [-0.1, -0.05) is 40.0 Å². The Balaban J connectivity index is 2.11. The van der Waals surface area contributed by atoms with Gasteiger partial charge in [-0.2, -0.15) is 0 Å². The number of nitrogens with zero attached hydrogens (tertiary/aromatic N) is 2. The number of hydrogen-bond donors (Lipinski definition) is 0. The third-order valence-electron chi connectivity index (χ3n) is 4.92. The summed E-state index contributed by atoms with van der Waals surface area (Å²) in [7, 11) is 2.15. The van der Waals surface area contributed by atoms with Crippen LogP contribution in [0.5, 0.6) is 0 Å². The van der Waals surface area contributed by atoms with E-state index in [1.54, 1.807) is 0 Å². The molecule has 0 spiro atoms. The van der Waals surface area contributed by atoms with Crippen molar-refractivity contribution in [1.29, 1.82) is 0 Å². The Labute approximate surface area is 124 Å². The molecule has 2 aliphatic rings. The minimum absolute atomic E-state index is 0.0631. The molecule has 3 nitrogen and oxygen atoms in total. The van der Waals surface area contributed by atoms with Crippen LogP contribution in [0, 0.1) is 10.8 Å². The molecular formula is C17H32N2O. The third kappa shape index (κ3) is 3.75. The number of hydrogen-bond acceptors (Lipinski definition) is 2. The van der Waals surface area contributed by atoms with E-state index < -0.39 is 0 Å². The number of amides is 1. The van der Waals surface area contributed by atoms with Gasteiger partial charge in [-0.3, -0.25) is 4.79 Å². The van der Waals surface area contributed by atoms with Crippen molar-refractivity contribution in [2.45, 2.75) is 59.3 Å². The summed E-state index contributed by atoms with van der Waals surface area (Å²) in [6.45, 7) is 10.7. The van der Waals surface area contributed by atoms with Crippen LogP contribution in [-0.4, -0.2) is 48.9 Å². The molecule has 1 saturated heterocycles. The highest BCUT2D eigenvalue weighted by atomic mass is 16.2. The van der Waals surface area contributed by atoms with E-state index in [2.05, 4.69) is 37.6 Å². The summed E-state index contributed by atoms with van der Waals surface area (Å²) in [5.74, 6) is 0.459. The summed E-state index contributed by atoms with van der Waals surface area (Å²) < 4.78 is 0. The number of likely N-dealkylation sites (N-methyl/N-ethyl adjacent to an activating group) is 1. The molecule has 0 N–H and O–H groups in total. The van der Waals surface area contributed by atoms with Crippen LogP contribution in [0.2, 0.25) is 0 Å². The second kappa shape index (κ2) is 6.05. The van der Waals surface area contributed by atoms with Gasteiger partial charge in [-0.05, 0) is 31.7 Å². The summed E-state index contributed by atoms with van der Waals surface area (Å²) in [6, 6.07) is 0. The van der Waals surface area contributed by atoms with E-state index in [0.29, 0.717) is 5.91 Å². The predicted octanol–water partition coefficient (Wildman–Crippen LogP) is 3.15. The molecule has 1 aliphatic heterocycles. The summed E-state index contributed by atoms with van der Waals surface area (Å²) >= 11 is 0. The molecule has 3 heteroatoms. The predicted molar refractivity (Wildman–Crippen MR) is 83.7 cm³/mol. The first kappa shape index (κ1) is 15.8. The Bertz CT molecular complexity index is 331. The van der Waals surface area contributed by atoms with Crippen LogP contribution < -0.4 is 0 Å². The SMILES string of the molecule is CN1CCN(C(=O)C2(CC(C)(C)C)CCCCC2)CC1. The Hall–Kier alpha value is -0.570. The number of carbonyl (C=O) groups excluding carboxylic acids is 1. The van der Waals surface area contributed by atoms with Gasteiger partial charge in [-0.25, -0.2) is 0 Å². The van der Waals surface area contributed by atoms with E-state index in [-0.39, 0.29) is 10.8 Å². The number of piperazine rings is 1. The Morgan fingerprint density at radius 3 is 2.05 bits per heavy atom. The van der Waals surface area contributed by atoms with Gasteiger partial charge in [0, 0.05) is 31.6 Å². The first-order chi connectivity index (χ1) is 9.32. The average molecular weight is 280 g/mol. The fraction of sp³-hybridized carbons (Fsp3) is 0.941. The third-order valence-corrected chi connectivity index (χ3v) is 4.92. The van der Waals surface area contributed by atoms with Gasteiger partial charge in [0.1, 0.15) is 0 Å². The lowest BCUT2D eigenvalue weighted by molar-refractivity contribution is -0.148. The average Bonchev–Trinajstić information content (AvgIpc) is 2.38. The van der Waals surface area contributed by atoms with Gasteiger partial charge in [0.25, 0.3) is 0 Å². The van der Waals surface area contributed by atoms with Gasteiger partial charge < -0.3 is 9.80 Å². The second-order valence-electron chi connectivity index (χ2n) is 8.17. The number of carbonyl (C=O) groups is 1. The van der Waals surface area contributed by atoms with E-state index in [0.717, 1.165) is 45.4 Å². The molecule has 1 amide bonds. The highest BCUT2D eigenvalue weighted by molar-refractivity contribution is 5.83. The van der Waals surface area contributed by atoms with Crippen molar-refractivity contribution < 1.29 is 4.79 Å². The zero-order chi connectivity index (χ0) is 14.8. The van der Waals surface area contributed by atoms with Crippen molar-refractivity contribution in [1.82, 2.24) is 9.80 Å². The quantitative estimate of drug-likeness (QED) is 0.776. The normalized spacial score (nSPS) is 24.7. The summed E-state index contributed by atoms with van der Waals surface area (Å²) in [5, 5.41) is 0. The molecule has 20 heavy (non-hydrogen) atoms. The highest BCUT2D eigenvalue weighted by Gasteiger charge is 2.44. The van der Waals surface area contributed by atoms with Crippen LogP contribution in [0.4, 0.5) is 0 Å². The largest absolute Gasteiger partial charge is 0.340 e. The molecule has 116 valence electrons. The Morgan fingerprint density at radius 1 is 1.00 bits per heavy atom. The van der Waals surface area contributed by atoms with Gasteiger partial charge in [0.2, 0.25) is 5.91 Å². The molecule has 0 atom stereocenters. The fourth-order valence-corrected chi connectivity index (χ4v) is 4.05. The summed E-state index contributed by atoms with van der Waals surface area (Å²) in [6.07, 6.45) is 7.03. The van der Waals surface area contributed by atoms with Crippen molar-refractivity contribution >= 4 is 5.91 Å². The van der Waals surface area contributed by atoms with Crippen LogP contribution in [0.15, 0.2) is 0 Å². The van der Waals surface area contributed by atoms with E-state index >= 15 is 0 Å². The highest BCUT2D eigenvalue weighted by Crippen LogP contribution is 2.46. The minimum Gasteiger partial charge on any atom is -0.340 e. The summed E-state index contributed by atoms with van der Waals surface area (Å²) in [4.78, 5) is 17.6. The maximum atomic E-state index is 13.2. The van der Waals surface area contributed by atoms with Crippen molar-refractivity contribution in [3.8, 4) is 0 Å². The standard InChI is InChI=1S/C17H32N2O/c1-16(2,3)14-17(8-6-5-7-9-17)15(20)19-12-10-18(4)11-13-19/h5-14H2,1-4H3. The Morgan fingerprint density at radius 2 is 1.55 bits per heavy atom. The minimum atomic E-state index is -0.0631. The zero-order valence-corrected chi connectivity index (χ0v) is 13.9. The maximum absolute atomic E-state index is 13.2. The molecule has 1 aliphatic carbocycles. The smallest absolute Gasteiger partial charge is 0.228 e. The molecule has 2 rings (SSSR count). The zero-order valence-electron chi connectivity index (χ0n) is 13.9. The lowest BCUT2D eigenvalue weighted by atomic mass is 9.65. The fourth-order valence-electron chi connectivity index (χ4n) is 4.05. The van der Waals surface area contributed by atoms with Crippen LogP contribution in [-0.2, 0) is 4.79 Å². The molecule has 0 aromatic carbocycles. The monoisotopic (exact) mass is 280 g/mol. The van der Waals surface area contributed by atoms with E-state index in [1.807, 2.05) is 0 Å². The van der Waals surface area contributed by atoms with Crippen molar-refractivity contribution in [2.75, 3.05) is 33.2 Å². The van der Waals surface area contributed by atoms with Crippen LogP contribution in [0.1, 0.15) is 59.3 Å². The van der Waals surface area contributed by atoms with Crippen LogP contribution in [0.25, 0.3) is 0 Å². The molecule has 0 bridgehead atoms. The molecule has 0 unspecified atom stereocenters. The lowest BCUT2D eigenvalue weighted by Crippen LogP contribution is -2.53. The topological polar surface area (TPSA) is 23.6 Å². The van der Waals surface area contributed by atoms with Crippen molar-refractivity contribution in [3.05, 3.63) is 0 Å². The molecule has 2 fully saturated rings. The number of rotatable bonds is 2. The Kier molecular flexibility index (Phi) is 4.78. The first-order valence-corrected chi connectivity index (χ1v) is 8.30. The van der Waals surface area contributed by atoms with Crippen molar-refractivity contribution in [2.24, 2.45) is 10.8 Å².